The van der Waals surface area contributed by atoms with Gasteiger partial charge in [-0.15, -0.1) is 20.4 Å². The van der Waals surface area contributed by atoms with E-state index < -0.39 is 0 Å². The van der Waals surface area contributed by atoms with Crippen LogP contribution in [0, 0.1) is 0 Å². The lowest BCUT2D eigenvalue weighted by molar-refractivity contribution is 0.834. The van der Waals surface area contributed by atoms with Gasteiger partial charge in [0.1, 0.15) is 0 Å². The lowest BCUT2D eigenvalue weighted by atomic mass is 10.2. The second kappa shape index (κ2) is 5.53. The summed E-state index contributed by atoms with van der Waals surface area (Å²) in [7, 11) is 0. The van der Waals surface area contributed by atoms with Crippen LogP contribution in [-0.2, 0) is 0 Å². The number of hydrogen-bond donors (Lipinski definition) is 0. The summed E-state index contributed by atoms with van der Waals surface area (Å²) < 4.78 is 0. The summed E-state index contributed by atoms with van der Waals surface area (Å²) in [5, 5.41) is 14.9. The van der Waals surface area contributed by atoms with Crippen molar-refractivity contribution in [2.75, 3.05) is 0 Å². The number of aromatic nitrogens is 4. The molecule has 0 saturated carbocycles. The molecule has 0 atom stereocenters. The molecule has 0 bridgehead atoms. The van der Waals surface area contributed by atoms with Crippen molar-refractivity contribution in [1.29, 1.82) is 0 Å². The van der Waals surface area contributed by atoms with Crippen molar-refractivity contribution in [1.82, 2.24) is 20.4 Å². The molecule has 0 aromatic carbocycles. The van der Waals surface area contributed by atoms with E-state index in [0.717, 1.165) is 5.57 Å². The highest BCUT2D eigenvalue weighted by Gasteiger charge is 1.99. The quantitative estimate of drug-likeness (QED) is 0.670. The first-order valence-electron chi connectivity index (χ1n) is 4.01. The molecule has 70 valence electrons. The number of nitrogens with zero attached hydrogens (tertiary/aromatic N) is 4. The molecule has 4 heteroatoms. The molecule has 1 aromatic heterocycles. The van der Waals surface area contributed by atoms with Crippen LogP contribution in [0.15, 0.2) is 49.9 Å². The summed E-state index contributed by atoms with van der Waals surface area (Å²) in [5.41, 5.74) is 0.792. The Hall–Kier alpha value is -2.10. The molecule has 0 unspecified atom stereocenters. The smallest absolute Gasteiger partial charge is 0.135 e. The standard InChI is InChI=1S/C10H10N4/c1-3-5-7-9(6-4-2)10-13-11-8-12-14-10/h3-8H,1-2H2/b7-5-,9-6+. The molecule has 1 rings (SSSR count). The van der Waals surface area contributed by atoms with Crippen molar-refractivity contribution in [2.24, 2.45) is 0 Å². The molecular formula is C10H10N4. The Morgan fingerprint density at radius 2 is 1.86 bits per heavy atom. The van der Waals surface area contributed by atoms with E-state index in [1.165, 1.54) is 6.33 Å². The first-order valence-corrected chi connectivity index (χ1v) is 4.01. The second-order valence-corrected chi connectivity index (χ2v) is 2.32. The Labute approximate surface area is 82.4 Å². The fourth-order valence-electron chi connectivity index (χ4n) is 0.823. The van der Waals surface area contributed by atoms with Crippen LogP contribution >= 0.6 is 0 Å². The predicted octanol–water partition coefficient (Wildman–Crippen LogP) is 1.58. The maximum Gasteiger partial charge on any atom is 0.203 e. The van der Waals surface area contributed by atoms with E-state index in [-0.39, 0.29) is 0 Å². The van der Waals surface area contributed by atoms with Crippen LogP contribution in [0.3, 0.4) is 0 Å². The third-order valence-electron chi connectivity index (χ3n) is 1.38. The van der Waals surface area contributed by atoms with E-state index in [9.17, 15) is 0 Å². The molecular weight excluding hydrogens is 176 g/mol. The van der Waals surface area contributed by atoms with Crippen LogP contribution in [0.4, 0.5) is 0 Å². The van der Waals surface area contributed by atoms with Gasteiger partial charge in [-0.05, 0) is 0 Å². The lowest BCUT2D eigenvalue weighted by Crippen LogP contribution is -1.96. The average Bonchev–Trinajstić information content (AvgIpc) is 2.25. The van der Waals surface area contributed by atoms with Gasteiger partial charge < -0.3 is 0 Å². The number of rotatable bonds is 4. The second-order valence-electron chi connectivity index (χ2n) is 2.32. The molecule has 0 aliphatic carbocycles. The topological polar surface area (TPSA) is 51.6 Å². The Morgan fingerprint density at radius 1 is 1.14 bits per heavy atom. The summed E-state index contributed by atoms with van der Waals surface area (Å²) >= 11 is 0. The Kier molecular flexibility index (Phi) is 3.94. The van der Waals surface area contributed by atoms with Gasteiger partial charge >= 0.3 is 0 Å². The molecule has 0 aliphatic rings. The van der Waals surface area contributed by atoms with Crippen LogP contribution in [0.5, 0.6) is 0 Å². The number of hydrogen-bond acceptors (Lipinski definition) is 4. The van der Waals surface area contributed by atoms with E-state index in [1.807, 2.05) is 6.08 Å². The largest absolute Gasteiger partial charge is 0.203 e. The van der Waals surface area contributed by atoms with Gasteiger partial charge in [0, 0.05) is 5.57 Å². The van der Waals surface area contributed by atoms with E-state index in [0.29, 0.717) is 5.82 Å². The summed E-state index contributed by atoms with van der Waals surface area (Å²) in [5.74, 6) is 0.463. The molecule has 0 fully saturated rings. The van der Waals surface area contributed by atoms with Crippen LogP contribution in [0.1, 0.15) is 5.82 Å². The van der Waals surface area contributed by atoms with Crippen molar-refractivity contribution < 1.29 is 0 Å². The third-order valence-corrected chi connectivity index (χ3v) is 1.38. The zero-order valence-corrected chi connectivity index (χ0v) is 7.67. The fraction of sp³-hybridized carbons (Fsp3) is 0. The van der Waals surface area contributed by atoms with Crippen LogP contribution < -0.4 is 0 Å². The zero-order valence-electron chi connectivity index (χ0n) is 7.67. The molecule has 14 heavy (non-hydrogen) atoms. The van der Waals surface area contributed by atoms with Gasteiger partial charge in [-0.2, -0.15) is 0 Å². The maximum absolute atomic E-state index is 3.83. The van der Waals surface area contributed by atoms with Gasteiger partial charge in [0.25, 0.3) is 0 Å². The molecule has 0 amide bonds. The van der Waals surface area contributed by atoms with Gasteiger partial charge in [-0.3, -0.25) is 0 Å². The van der Waals surface area contributed by atoms with Crippen LogP contribution in [0.25, 0.3) is 5.57 Å². The minimum atomic E-state index is 0.463. The monoisotopic (exact) mass is 186 g/mol. The minimum Gasteiger partial charge on any atom is -0.135 e. The highest BCUT2D eigenvalue weighted by atomic mass is 15.3. The summed E-state index contributed by atoms with van der Waals surface area (Å²) in [6.07, 6.45) is 9.98. The first kappa shape index (κ1) is 9.98. The minimum absolute atomic E-state index is 0.463. The third kappa shape index (κ3) is 2.75. The highest BCUT2D eigenvalue weighted by molar-refractivity contribution is 5.70. The first-order chi connectivity index (χ1) is 6.88. The molecule has 0 aliphatic heterocycles. The predicted molar refractivity (Wildman–Crippen MR) is 55.1 cm³/mol. The Balaban J connectivity index is 3.01. The van der Waals surface area contributed by atoms with Crippen molar-refractivity contribution in [2.45, 2.75) is 0 Å². The van der Waals surface area contributed by atoms with Gasteiger partial charge in [0.05, 0.1) is 0 Å². The normalized spacial score (nSPS) is 11.6. The number of allylic oxidation sites excluding steroid dienone is 6. The van der Waals surface area contributed by atoms with Crippen LogP contribution in [0.2, 0.25) is 0 Å². The molecule has 4 nitrogen and oxygen atoms in total. The Morgan fingerprint density at radius 3 is 2.43 bits per heavy atom. The van der Waals surface area contributed by atoms with Crippen molar-refractivity contribution in [3.63, 3.8) is 0 Å². The lowest BCUT2D eigenvalue weighted by Gasteiger charge is -1.95. The highest BCUT2D eigenvalue weighted by Crippen LogP contribution is 2.08. The van der Waals surface area contributed by atoms with Gasteiger partial charge in [-0.1, -0.05) is 43.5 Å². The maximum atomic E-state index is 3.83. The van der Waals surface area contributed by atoms with Crippen LogP contribution in [-0.4, -0.2) is 20.4 Å². The molecule has 1 aromatic rings. The van der Waals surface area contributed by atoms with Crippen molar-refractivity contribution in [3.05, 3.63) is 55.7 Å². The summed E-state index contributed by atoms with van der Waals surface area (Å²) in [6.45, 7) is 7.18. The van der Waals surface area contributed by atoms with Gasteiger partial charge in [0.15, 0.2) is 6.33 Å². The summed E-state index contributed by atoms with van der Waals surface area (Å²) in [6, 6.07) is 0. The zero-order chi connectivity index (χ0) is 10.2. The summed E-state index contributed by atoms with van der Waals surface area (Å²) in [4.78, 5) is 0. The van der Waals surface area contributed by atoms with Crippen molar-refractivity contribution >= 4 is 5.57 Å². The Bertz CT molecular complexity index is 365. The molecule has 1 heterocycles. The van der Waals surface area contributed by atoms with Gasteiger partial charge in [0.2, 0.25) is 5.82 Å². The van der Waals surface area contributed by atoms with Crippen molar-refractivity contribution in [3.8, 4) is 0 Å². The molecule has 0 N–H and O–H groups in total. The van der Waals surface area contributed by atoms with E-state index in [4.69, 9.17) is 0 Å². The molecule has 0 spiro atoms. The van der Waals surface area contributed by atoms with E-state index in [1.54, 1.807) is 24.3 Å². The molecule has 0 saturated heterocycles. The fourth-order valence-corrected chi connectivity index (χ4v) is 0.823. The van der Waals surface area contributed by atoms with E-state index >= 15 is 0 Å². The SMILES string of the molecule is C=C/C=C\C(=C/C=C)c1nncnn1. The average molecular weight is 186 g/mol. The molecule has 0 radical (unpaired) electrons. The van der Waals surface area contributed by atoms with Gasteiger partial charge in [-0.25, -0.2) is 0 Å². The van der Waals surface area contributed by atoms with E-state index in [2.05, 4.69) is 33.6 Å².